The first-order valence-electron chi connectivity index (χ1n) is 5.44. The fourth-order valence-electron chi connectivity index (χ4n) is 1.77. The van der Waals surface area contributed by atoms with E-state index in [-0.39, 0.29) is 6.61 Å². The molecule has 0 bridgehead atoms. The van der Waals surface area contributed by atoms with Gasteiger partial charge in [-0.05, 0) is 17.2 Å². The van der Waals surface area contributed by atoms with Gasteiger partial charge in [0, 0.05) is 10.6 Å². The van der Waals surface area contributed by atoms with E-state index in [0.29, 0.717) is 5.02 Å². The molecule has 86 valence electrons. The van der Waals surface area contributed by atoms with Crippen LogP contribution in [0.4, 0.5) is 0 Å². The molecule has 0 unspecified atom stereocenters. The maximum atomic E-state index is 9.13. The van der Waals surface area contributed by atoms with Crippen LogP contribution < -0.4 is 0 Å². The minimum Gasteiger partial charge on any atom is -0.392 e. The van der Waals surface area contributed by atoms with Gasteiger partial charge in [0.2, 0.25) is 0 Å². The number of aliphatic hydroxyl groups excluding tert-OH is 1. The quantitative estimate of drug-likeness (QED) is 0.872. The third-order valence-corrected chi connectivity index (χ3v) is 2.87. The summed E-state index contributed by atoms with van der Waals surface area (Å²) in [5.41, 5.74) is 2.95. The average molecular weight is 245 g/mol. The lowest BCUT2D eigenvalue weighted by Crippen LogP contribution is -1.90. The van der Waals surface area contributed by atoms with Crippen molar-refractivity contribution < 1.29 is 5.11 Å². The van der Waals surface area contributed by atoms with E-state index in [2.05, 4.69) is 0 Å². The van der Waals surface area contributed by atoms with Crippen LogP contribution >= 0.6 is 11.6 Å². The van der Waals surface area contributed by atoms with Crippen molar-refractivity contribution in [1.82, 2.24) is 0 Å². The third-order valence-electron chi connectivity index (χ3n) is 2.54. The first-order chi connectivity index (χ1) is 8.33. The lowest BCUT2D eigenvalue weighted by Gasteiger charge is -2.09. The SMILES string of the molecule is OCC=C(c1ccccc1)c1ccccc1Cl. The largest absolute Gasteiger partial charge is 0.392 e. The molecule has 0 atom stereocenters. The highest BCUT2D eigenvalue weighted by Crippen LogP contribution is 2.28. The Kier molecular flexibility index (Phi) is 3.97. The fourth-order valence-corrected chi connectivity index (χ4v) is 2.01. The molecule has 1 nitrogen and oxygen atoms in total. The van der Waals surface area contributed by atoms with Crippen LogP contribution in [-0.2, 0) is 0 Å². The van der Waals surface area contributed by atoms with Crippen molar-refractivity contribution in [3.05, 3.63) is 76.8 Å². The van der Waals surface area contributed by atoms with Crippen molar-refractivity contribution in [1.29, 1.82) is 0 Å². The Hall–Kier alpha value is -1.57. The van der Waals surface area contributed by atoms with Gasteiger partial charge < -0.3 is 5.11 Å². The highest BCUT2D eigenvalue weighted by Gasteiger charge is 2.07. The summed E-state index contributed by atoms with van der Waals surface area (Å²) in [6, 6.07) is 17.6. The second-order valence-electron chi connectivity index (χ2n) is 3.65. The maximum Gasteiger partial charge on any atom is 0.0621 e. The van der Waals surface area contributed by atoms with Gasteiger partial charge in [0.05, 0.1) is 6.61 Å². The highest BCUT2D eigenvalue weighted by atomic mass is 35.5. The summed E-state index contributed by atoms with van der Waals surface area (Å²) in [5.74, 6) is 0. The van der Waals surface area contributed by atoms with Crippen molar-refractivity contribution in [2.24, 2.45) is 0 Å². The molecule has 0 heterocycles. The molecule has 0 aliphatic rings. The molecule has 0 saturated heterocycles. The van der Waals surface area contributed by atoms with Crippen molar-refractivity contribution in [3.63, 3.8) is 0 Å². The summed E-state index contributed by atoms with van der Waals surface area (Å²) < 4.78 is 0. The normalized spacial score (nSPS) is 11.5. The molecule has 2 heteroatoms. The molecule has 2 rings (SSSR count). The number of hydrogen-bond donors (Lipinski definition) is 1. The van der Waals surface area contributed by atoms with Gasteiger partial charge in [0.15, 0.2) is 0 Å². The Morgan fingerprint density at radius 2 is 1.65 bits per heavy atom. The zero-order valence-electron chi connectivity index (χ0n) is 9.31. The molecule has 17 heavy (non-hydrogen) atoms. The smallest absolute Gasteiger partial charge is 0.0621 e. The van der Waals surface area contributed by atoms with Crippen LogP contribution in [-0.4, -0.2) is 11.7 Å². The van der Waals surface area contributed by atoms with E-state index in [1.807, 2.05) is 54.6 Å². The molecule has 0 radical (unpaired) electrons. The molecule has 0 amide bonds. The first kappa shape index (κ1) is 11.9. The Morgan fingerprint density at radius 1 is 1.00 bits per heavy atom. The van der Waals surface area contributed by atoms with Crippen molar-refractivity contribution >= 4 is 17.2 Å². The van der Waals surface area contributed by atoms with Crippen LogP contribution in [0.15, 0.2) is 60.7 Å². The molecule has 0 fully saturated rings. The number of halogens is 1. The van der Waals surface area contributed by atoms with Gasteiger partial charge in [-0.15, -0.1) is 0 Å². The van der Waals surface area contributed by atoms with E-state index in [0.717, 1.165) is 16.7 Å². The molecule has 1 N–H and O–H groups in total. The summed E-state index contributed by atoms with van der Waals surface area (Å²) >= 11 is 6.18. The molecular weight excluding hydrogens is 232 g/mol. The summed E-state index contributed by atoms with van der Waals surface area (Å²) in [5, 5.41) is 9.82. The predicted molar refractivity (Wildman–Crippen MR) is 72.1 cm³/mol. The Morgan fingerprint density at radius 3 is 2.29 bits per heavy atom. The van der Waals surface area contributed by atoms with E-state index >= 15 is 0 Å². The maximum absolute atomic E-state index is 9.13. The minimum atomic E-state index is -0.00451. The van der Waals surface area contributed by atoms with Crippen LogP contribution in [0.25, 0.3) is 5.57 Å². The Balaban J connectivity index is 2.52. The molecule has 0 saturated carbocycles. The van der Waals surface area contributed by atoms with Crippen LogP contribution in [0.1, 0.15) is 11.1 Å². The first-order valence-corrected chi connectivity index (χ1v) is 5.82. The second-order valence-corrected chi connectivity index (χ2v) is 4.05. The highest BCUT2D eigenvalue weighted by molar-refractivity contribution is 6.32. The standard InChI is InChI=1S/C15H13ClO/c16-15-9-5-4-8-14(15)13(10-11-17)12-6-2-1-3-7-12/h1-10,17H,11H2. The summed E-state index contributed by atoms with van der Waals surface area (Å²) in [6.45, 7) is -0.00451. The Bertz CT molecular complexity index is 517. The minimum absolute atomic E-state index is 0.00451. The zero-order valence-corrected chi connectivity index (χ0v) is 10.1. The van der Waals surface area contributed by atoms with Gasteiger partial charge in [-0.1, -0.05) is 66.2 Å². The predicted octanol–water partition coefficient (Wildman–Crippen LogP) is 3.76. The van der Waals surface area contributed by atoms with Gasteiger partial charge in [-0.25, -0.2) is 0 Å². The van der Waals surface area contributed by atoms with Gasteiger partial charge in [-0.2, -0.15) is 0 Å². The van der Waals surface area contributed by atoms with Gasteiger partial charge >= 0.3 is 0 Å². The number of aliphatic hydroxyl groups is 1. The number of benzene rings is 2. The molecule has 2 aromatic carbocycles. The second kappa shape index (κ2) is 5.67. The number of hydrogen-bond acceptors (Lipinski definition) is 1. The van der Waals surface area contributed by atoms with E-state index < -0.39 is 0 Å². The number of rotatable bonds is 3. The van der Waals surface area contributed by atoms with Crippen molar-refractivity contribution in [3.8, 4) is 0 Å². The molecule has 0 aromatic heterocycles. The molecule has 0 aliphatic carbocycles. The summed E-state index contributed by atoms with van der Waals surface area (Å²) in [4.78, 5) is 0. The fraction of sp³-hybridized carbons (Fsp3) is 0.0667. The third kappa shape index (κ3) is 2.76. The zero-order chi connectivity index (χ0) is 12.1. The van der Waals surface area contributed by atoms with Crippen LogP contribution in [0.5, 0.6) is 0 Å². The van der Waals surface area contributed by atoms with E-state index in [9.17, 15) is 0 Å². The van der Waals surface area contributed by atoms with E-state index in [1.54, 1.807) is 6.08 Å². The lowest BCUT2D eigenvalue weighted by molar-refractivity contribution is 0.343. The summed E-state index contributed by atoms with van der Waals surface area (Å²) in [7, 11) is 0. The van der Waals surface area contributed by atoms with Crippen LogP contribution in [0.2, 0.25) is 5.02 Å². The average Bonchev–Trinajstić information content (AvgIpc) is 2.38. The monoisotopic (exact) mass is 244 g/mol. The van der Waals surface area contributed by atoms with Gasteiger partial charge in [0.1, 0.15) is 0 Å². The van der Waals surface area contributed by atoms with Crippen molar-refractivity contribution in [2.45, 2.75) is 0 Å². The topological polar surface area (TPSA) is 20.2 Å². The van der Waals surface area contributed by atoms with E-state index in [4.69, 9.17) is 16.7 Å². The van der Waals surface area contributed by atoms with Crippen molar-refractivity contribution in [2.75, 3.05) is 6.61 Å². The molecule has 0 spiro atoms. The van der Waals surface area contributed by atoms with Crippen LogP contribution in [0, 0.1) is 0 Å². The van der Waals surface area contributed by atoms with E-state index in [1.165, 1.54) is 0 Å². The molecular formula is C15H13ClO. The van der Waals surface area contributed by atoms with Gasteiger partial charge in [0.25, 0.3) is 0 Å². The molecule has 0 aliphatic heterocycles. The molecule has 2 aromatic rings. The van der Waals surface area contributed by atoms with Crippen LogP contribution in [0.3, 0.4) is 0 Å². The van der Waals surface area contributed by atoms with Gasteiger partial charge in [-0.3, -0.25) is 0 Å². The lowest BCUT2D eigenvalue weighted by atomic mass is 9.98. The summed E-state index contributed by atoms with van der Waals surface area (Å²) in [6.07, 6.45) is 1.77. The Labute approximate surface area is 106 Å².